The van der Waals surface area contributed by atoms with E-state index >= 15 is 0 Å². The van der Waals surface area contributed by atoms with Crippen molar-refractivity contribution in [1.29, 1.82) is 0 Å². The second-order valence-corrected chi connectivity index (χ2v) is 8.84. The molecule has 0 atom stereocenters. The first-order chi connectivity index (χ1) is 17.9. The van der Waals surface area contributed by atoms with Gasteiger partial charge in [-0.05, 0) is 23.8 Å². The molecule has 4 nitrogen and oxygen atoms in total. The van der Waals surface area contributed by atoms with Gasteiger partial charge in [0.2, 0.25) is 0 Å². The predicted octanol–water partition coefficient (Wildman–Crippen LogP) is 7.90. The fourth-order valence-electron chi connectivity index (χ4n) is 5.02. The second-order valence-electron chi connectivity index (χ2n) is 8.84. The zero-order valence-electron chi connectivity index (χ0n) is 19.5. The molecule has 0 saturated heterocycles. The fraction of sp³-hybridized carbons (Fsp3) is 0. The molecule has 2 heterocycles. The molecule has 0 aliphatic carbocycles. The Morgan fingerprint density at radius 2 is 1.11 bits per heavy atom. The standard InChI is InChI=1S/C32H22N4/c1-3-11-22(12-4-1)25-20-19-24(32-33-31(34-35-32)23-13-5-2-6-14-23)21-30(25)36-28-17-9-7-15-26(28)27-16-8-10-18-29(27)36/h1-21H,(H,33,34,35). The van der Waals surface area contributed by atoms with Crippen LogP contribution in [0.2, 0.25) is 0 Å². The van der Waals surface area contributed by atoms with Crippen LogP contribution >= 0.6 is 0 Å². The molecule has 7 aromatic rings. The quantitative estimate of drug-likeness (QED) is 0.289. The lowest BCUT2D eigenvalue weighted by Crippen LogP contribution is -1.98. The molecule has 5 aromatic carbocycles. The van der Waals surface area contributed by atoms with Crippen LogP contribution < -0.4 is 0 Å². The third-order valence-electron chi connectivity index (χ3n) is 6.69. The summed E-state index contributed by atoms with van der Waals surface area (Å²) in [6, 6.07) is 44.3. The summed E-state index contributed by atoms with van der Waals surface area (Å²) < 4.78 is 2.36. The molecule has 2 aromatic heterocycles. The number of nitrogens with one attached hydrogen (secondary N) is 1. The van der Waals surface area contributed by atoms with Crippen molar-refractivity contribution in [2.45, 2.75) is 0 Å². The van der Waals surface area contributed by atoms with Crippen LogP contribution in [0.15, 0.2) is 127 Å². The number of para-hydroxylation sites is 2. The van der Waals surface area contributed by atoms with E-state index in [1.807, 2.05) is 30.3 Å². The van der Waals surface area contributed by atoms with Crippen molar-refractivity contribution >= 4 is 21.8 Å². The van der Waals surface area contributed by atoms with Crippen LogP contribution in [-0.4, -0.2) is 19.7 Å². The number of aromatic amines is 1. The maximum absolute atomic E-state index is 4.82. The summed E-state index contributed by atoms with van der Waals surface area (Å²) in [5.41, 5.74) is 7.75. The molecule has 7 rings (SSSR count). The minimum Gasteiger partial charge on any atom is -0.309 e. The Hall–Kier alpha value is -4.96. The summed E-state index contributed by atoms with van der Waals surface area (Å²) in [5, 5.41) is 10.2. The fourth-order valence-corrected chi connectivity index (χ4v) is 5.02. The Balaban J connectivity index is 1.49. The third-order valence-corrected chi connectivity index (χ3v) is 6.69. The number of H-pyrrole nitrogens is 1. The van der Waals surface area contributed by atoms with Gasteiger partial charge in [-0.2, -0.15) is 5.10 Å². The molecule has 0 amide bonds. The molecular weight excluding hydrogens is 440 g/mol. The van der Waals surface area contributed by atoms with Gasteiger partial charge in [0.1, 0.15) is 0 Å². The normalized spacial score (nSPS) is 11.3. The van der Waals surface area contributed by atoms with Gasteiger partial charge in [0.15, 0.2) is 11.6 Å². The van der Waals surface area contributed by atoms with Crippen LogP contribution in [0, 0.1) is 0 Å². The highest BCUT2D eigenvalue weighted by Gasteiger charge is 2.17. The van der Waals surface area contributed by atoms with Crippen molar-refractivity contribution in [3.63, 3.8) is 0 Å². The SMILES string of the molecule is c1ccc(-c2nc(-c3ccc(-c4ccccc4)c(-n4c5ccccc5c5ccccc54)c3)n[nH]2)cc1. The first kappa shape index (κ1) is 20.4. The minimum absolute atomic E-state index is 0.676. The molecule has 0 bridgehead atoms. The lowest BCUT2D eigenvalue weighted by Gasteiger charge is -2.15. The highest BCUT2D eigenvalue weighted by atomic mass is 15.2. The van der Waals surface area contributed by atoms with Gasteiger partial charge >= 0.3 is 0 Å². The Bertz CT molecular complexity index is 1780. The van der Waals surface area contributed by atoms with E-state index in [2.05, 4.69) is 112 Å². The van der Waals surface area contributed by atoms with Crippen molar-refractivity contribution in [2.24, 2.45) is 0 Å². The predicted molar refractivity (Wildman–Crippen MR) is 147 cm³/mol. The Morgan fingerprint density at radius 3 is 1.78 bits per heavy atom. The molecule has 36 heavy (non-hydrogen) atoms. The topological polar surface area (TPSA) is 46.5 Å². The molecule has 0 unspecified atom stereocenters. The number of nitrogens with zero attached hydrogens (tertiary/aromatic N) is 3. The number of rotatable bonds is 4. The van der Waals surface area contributed by atoms with E-state index in [-0.39, 0.29) is 0 Å². The summed E-state index contributed by atoms with van der Waals surface area (Å²) in [6.45, 7) is 0. The number of fused-ring (bicyclic) bond motifs is 3. The van der Waals surface area contributed by atoms with Gasteiger partial charge in [-0.25, -0.2) is 4.98 Å². The van der Waals surface area contributed by atoms with Crippen LogP contribution in [-0.2, 0) is 0 Å². The van der Waals surface area contributed by atoms with Crippen molar-refractivity contribution in [3.8, 4) is 39.6 Å². The Morgan fingerprint density at radius 1 is 0.528 bits per heavy atom. The zero-order chi connectivity index (χ0) is 23.9. The van der Waals surface area contributed by atoms with E-state index in [9.17, 15) is 0 Å². The summed E-state index contributed by atoms with van der Waals surface area (Å²) in [7, 11) is 0. The first-order valence-electron chi connectivity index (χ1n) is 12.0. The van der Waals surface area contributed by atoms with E-state index in [0.717, 1.165) is 28.2 Å². The monoisotopic (exact) mass is 462 g/mol. The molecule has 0 aliphatic rings. The number of hydrogen-bond donors (Lipinski definition) is 1. The highest BCUT2D eigenvalue weighted by molar-refractivity contribution is 6.09. The van der Waals surface area contributed by atoms with Gasteiger partial charge in [0.05, 0.1) is 16.7 Å². The molecule has 4 heteroatoms. The second kappa shape index (κ2) is 8.36. The largest absolute Gasteiger partial charge is 0.309 e. The van der Waals surface area contributed by atoms with E-state index in [0.29, 0.717) is 5.82 Å². The lowest BCUT2D eigenvalue weighted by molar-refractivity contribution is 1.10. The van der Waals surface area contributed by atoms with Crippen molar-refractivity contribution < 1.29 is 0 Å². The average Bonchev–Trinajstić information content (AvgIpc) is 3.58. The molecule has 0 aliphatic heterocycles. The number of aromatic nitrogens is 4. The Kier molecular flexibility index (Phi) is 4.74. The van der Waals surface area contributed by atoms with E-state index in [1.54, 1.807) is 0 Å². The van der Waals surface area contributed by atoms with Crippen molar-refractivity contribution in [3.05, 3.63) is 127 Å². The van der Waals surface area contributed by atoms with E-state index in [4.69, 9.17) is 4.98 Å². The third kappa shape index (κ3) is 3.31. The summed E-state index contributed by atoms with van der Waals surface area (Å²) >= 11 is 0. The van der Waals surface area contributed by atoms with Gasteiger partial charge in [0, 0.05) is 27.5 Å². The molecular formula is C32H22N4. The lowest BCUT2D eigenvalue weighted by atomic mass is 10.0. The summed E-state index contributed by atoms with van der Waals surface area (Å²) in [4.78, 5) is 4.82. The zero-order valence-corrected chi connectivity index (χ0v) is 19.5. The van der Waals surface area contributed by atoms with Crippen LogP contribution in [0.5, 0.6) is 0 Å². The molecule has 1 N–H and O–H groups in total. The van der Waals surface area contributed by atoms with Gasteiger partial charge in [-0.3, -0.25) is 5.10 Å². The average molecular weight is 463 g/mol. The molecule has 0 radical (unpaired) electrons. The van der Waals surface area contributed by atoms with Gasteiger partial charge < -0.3 is 4.57 Å². The van der Waals surface area contributed by atoms with Gasteiger partial charge in [-0.1, -0.05) is 109 Å². The van der Waals surface area contributed by atoms with Gasteiger partial charge in [0.25, 0.3) is 0 Å². The Labute approximate surface area is 208 Å². The minimum atomic E-state index is 0.676. The van der Waals surface area contributed by atoms with Crippen molar-refractivity contribution in [2.75, 3.05) is 0 Å². The molecule has 0 spiro atoms. The van der Waals surface area contributed by atoms with E-state index < -0.39 is 0 Å². The van der Waals surface area contributed by atoms with Crippen LogP contribution in [0.4, 0.5) is 0 Å². The molecule has 170 valence electrons. The van der Waals surface area contributed by atoms with Crippen molar-refractivity contribution in [1.82, 2.24) is 19.7 Å². The van der Waals surface area contributed by atoms with E-state index in [1.165, 1.54) is 27.4 Å². The summed E-state index contributed by atoms with van der Waals surface area (Å²) in [5.74, 6) is 1.44. The highest BCUT2D eigenvalue weighted by Crippen LogP contribution is 2.37. The maximum atomic E-state index is 4.82. The molecule has 0 saturated carbocycles. The maximum Gasteiger partial charge on any atom is 0.181 e. The van der Waals surface area contributed by atoms with Gasteiger partial charge in [-0.15, -0.1) is 0 Å². The van der Waals surface area contributed by atoms with Crippen LogP contribution in [0.1, 0.15) is 0 Å². The van der Waals surface area contributed by atoms with Crippen LogP contribution in [0.25, 0.3) is 61.4 Å². The first-order valence-corrected chi connectivity index (χ1v) is 12.0. The number of benzene rings is 5. The smallest absolute Gasteiger partial charge is 0.181 e. The van der Waals surface area contributed by atoms with Crippen LogP contribution in [0.3, 0.4) is 0 Å². The summed E-state index contributed by atoms with van der Waals surface area (Å²) in [6.07, 6.45) is 0. The number of hydrogen-bond acceptors (Lipinski definition) is 2. The molecule has 0 fully saturated rings.